The van der Waals surface area contributed by atoms with Gasteiger partial charge in [-0.15, -0.1) is 11.3 Å². The molecule has 0 spiro atoms. The molecule has 0 radical (unpaired) electrons. The Morgan fingerprint density at radius 1 is 1.30 bits per heavy atom. The monoisotopic (exact) mass is 329 g/mol. The van der Waals surface area contributed by atoms with Gasteiger partial charge < -0.3 is 15.0 Å². The van der Waals surface area contributed by atoms with Crippen molar-refractivity contribution in [3.05, 3.63) is 52.0 Å². The fourth-order valence-electron chi connectivity index (χ4n) is 2.36. The Kier molecular flexibility index (Phi) is 4.38. The van der Waals surface area contributed by atoms with Crippen molar-refractivity contribution in [1.82, 2.24) is 15.3 Å². The van der Waals surface area contributed by atoms with Crippen molar-refractivity contribution in [2.45, 2.75) is 6.42 Å². The predicted molar refractivity (Wildman–Crippen MR) is 87.6 cm³/mol. The Labute approximate surface area is 136 Å². The molecule has 0 atom stereocenters. The second-order valence-corrected chi connectivity index (χ2v) is 5.84. The number of thiophene rings is 1. The first-order valence-corrected chi connectivity index (χ1v) is 7.89. The van der Waals surface area contributed by atoms with E-state index in [1.54, 1.807) is 6.20 Å². The van der Waals surface area contributed by atoms with Gasteiger partial charge in [0, 0.05) is 17.8 Å². The van der Waals surface area contributed by atoms with Crippen molar-refractivity contribution in [3.63, 3.8) is 0 Å². The van der Waals surface area contributed by atoms with Crippen molar-refractivity contribution < 1.29 is 14.3 Å². The van der Waals surface area contributed by atoms with Crippen molar-refractivity contribution >= 4 is 34.2 Å². The molecule has 23 heavy (non-hydrogen) atoms. The zero-order chi connectivity index (χ0) is 16.2. The molecular formula is C16H15N3O3S. The minimum absolute atomic E-state index is 0.135. The molecule has 0 bridgehead atoms. The SMILES string of the molecule is COC(=O)CNC(=O)c1sccc1Cc1ccnc2[nH]ccc12. The number of nitrogens with one attached hydrogen (secondary N) is 2. The summed E-state index contributed by atoms with van der Waals surface area (Å²) in [5, 5.41) is 5.49. The normalized spacial score (nSPS) is 10.7. The molecule has 0 aliphatic carbocycles. The molecule has 1 amide bonds. The van der Waals surface area contributed by atoms with Crippen molar-refractivity contribution in [1.29, 1.82) is 0 Å². The quantitative estimate of drug-likeness (QED) is 0.702. The fourth-order valence-corrected chi connectivity index (χ4v) is 3.20. The standard InChI is InChI=1S/C16H15N3O3S/c1-22-13(20)9-19-16(21)14-11(4-7-23-14)8-10-2-5-17-15-12(10)3-6-18-15/h2-7H,8-9H2,1H3,(H,17,18)(H,19,21). The molecule has 0 aliphatic heterocycles. The molecule has 2 N–H and O–H groups in total. The van der Waals surface area contributed by atoms with Crippen molar-refractivity contribution in [3.8, 4) is 0 Å². The lowest BCUT2D eigenvalue weighted by Gasteiger charge is -2.06. The molecule has 7 heteroatoms. The Morgan fingerprint density at radius 3 is 3.00 bits per heavy atom. The third kappa shape index (κ3) is 3.24. The minimum Gasteiger partial charge on any atom is -0.468 e. The number of aromatic amines is 1. The molecule has 0 unspecified atom stereocenters. The third-order valence-corrected chi connectivity index (χ3v) is 4.46. The summed E-state index contributed by atoms with van der Waals surface area (Å²) in [7, 11) is 1.29. The lowest BCUT2D eigenvalue weighted by molar-refractivity contribution is -0.139. The number of methoxy groups -OCH3 is 1. The van der Waals surface area contributed by atoms with E-state index in [2.05, 4.69) is 20.0 Å². The smallest absolute Gasteiger partial charge is 0.325 e. The zero-order valence-electron chi connectivity index (χ0n) is 12.5. The summed E-state index contributed by atoms with van der Waals surface area (Å²) in [6, 6.07) is 5.85. The van der Waals surface area contributed by atoms with Crippen LogP contribution in [-0.2, 0) is 16.0 Å². The van der Waals surface area contributed by atoms with E-state index in [-0.39, 0.29) is 12.5 Å². The molecule has 0 saturated carbocycles. The van der Waals surface area contributed by atoms with Crippen LogP contribution in [-0.4, -0.2) is 35.5 Å². The number of carbonyl (C=O) groups excluding carboxylic acids is 2. The average molecular weight is 329 g/mol. The molecule has 3 rings (SSSR count). The average Bonchev–Trinajstić information content (AvgIpc) is 3.21. The fraction of sp³-hybridized carbons (Fsp3) is 0.188. The number of hydrogen-bond donors (Lipinski definition) is 2. The van der Waals surface area contributed by atoms with Crippen LogP contribution in [0.1, 0.15) is 20.8 Å². The number of esters is 1. The van der Waals surface area contributed by atoms with Gasteiger partial charge in [0.25, 0.3) is 5.91 Å². The second-order valence-electron chi connectivity index (χ2n) is 4.92. The lowest BCUT2D eigenvalue weighted by atomic mass is 10.0. The van der Waals surface area contributed by atoms with Crippen LogP contribution in [0.4, 0.5) is 0 Å². The maximum absolute atomic E-state index is 12.2. The van der Waals surface area contributed by atoms with Gasteiger partial charge in [-0.2, -0.15) is 0 Å². The van der Waals surface area contributed by atoms with Crippen molar-refractivity contribution in [2.75, 3.05) is 13.7 Å². The number of nitrogens with zero attached hydrogens (tertiary/aromatic N) is 1. The first-order chi connectivity index (χ1) is 11.2. The van der Waals surface area contributed by atoms with E-state index in [9.17, 15) is 9.59 Å². The van der Waals surface area contributed by atoms with Crippen LogP contribution in [0.25, 0.3) is 11.0 Å². The Morgan fingerprint density at radius 2 is 2.17 bits per heavy atom. The lowest BCUT2D eigenvalue weighted by Crippen LogP contribution is -2.30. The zero-order valence-corrected chi connectivity index (χ0v) is 13.3. The van der Waals surface area contributed by atoms with Gasteiger partial charge in [0.1, 0.15) is 12.2 Å². The Bertz CT molecular complexity index is 853. The summed E-state index contributed by atoms with van der Waals surface area (Å²) < 4.78 is 4.52. The van der Waals surface area contributed by atoms with Crippen LogP contribution in [0.3, 0.4) is 0 Å². The highest BCUT2D eigenvalue weighted by molar-refractivity contribution is 7.12. The van der Waals surface area contributed by atoms with Gasteiger partial charge in [0.05, 0.1) is 12.0 Å². The summed E-state index contributed by atoms with van der Waals surface area (Å²) in [4.78, 5) is 31.3. The predicted octanol–water partition coefficient (Wildman–Crippen LogP) is 2.12. The van der Waals surface area contributed by atoms with E-state index >= 15 is 0 Å². The molecule has 0 saturated heterocycles. The molecular weight excluding hydrogens is 314 g/mol. The molecule has 6 nitrogen and oxygen atoms in total. The molecule has 3 aromatic heterocycles. The minimum atomic E-state index is -0.473. The number of amides is 1. The summed E-state index contributed by atoms with van der Waals surface area (Å²) in [6.07, 6.45) is 4.22. The van der Waals surface area contributed by atoms with E-state index in [4.69, 9.17) is 0 Å². The number of fused-ring (bicyclic) bond motifs is 1. The van der Waals surface area contributed by atoms with Gasteiger partial charge >= 0.3 is 5.97 Å². The summed E-state index contributed by atoms with van der Waals surface area (Å²) in [5.41, 5.74) is 2.84. The Balaban J connectivity index is 1.80. The number of ether oxygens (including phenoxy) is 1. The van der Waals surface area contributed by atoms with Crippen LogP contribution in [0.15, 0.2) is 36.0 Å². The number of pyridine rings is 1. The van der Waals surface area contributed by atoms with E-state index in [1.807, 2.05) is 29.8 Å². The van der Waals surface area contributed by atoms with Crippen LogP contribution >= 0.6 is 11.3 Å². The van der Waals surface area contributed by atoms with Crippen LogP contribution < -0.4 is 5.32 Å². The maximum Gasteiger partial charge on any atom is 0.325 e. The second kappa shape index (κ2) is 6.62. The summed E-state index contributed by atoms with van der Waals surface area (Å²) in [5.74, 6) is -0.737. The van der Waals surface area contributed by atoms with Gasteiger partial charge in [-0.05, 0) is 41.1 Å². The number of carbonyl (C=O) groups is 2. The highest BCUT2D eigenvalue weighted by Gasteiger charge is 2.15. The van der Waals surface area contributed by atoms with Crippen LogP contribution in [0.2, 0.25) is 0 Å². The Hall–Kier alpha value is -2.67. The molecule has 3 heterocycles. The summed E-state index contributed by atoms with van der Waals surface area (Å²) in [6.45, 7) is -0.135. The van der Waals surface area contributed by atoms with E-state index in [1.165, 1.54) is 18.4 Å². The molecule has 3 aromatic rings. The van der Waals surface area contributed by atoms with E-state index in [0.717, 1.165) is 22.2 Å². The number of aromatic nitrogens is 2. The van der Waals surface area contributed by atoms with Gasteiger partial charge in [-0.3, -0.25) is 9.59 Å². The highest BCUT2D eigenvalue weighted by atomic mass is 32.1. The third-order valence-electron chi connectivity index (χ3n) is 3.51. The molecule has 0 aliphatic rings. The van der Waals surface area contributed by atoms with Gasteiger partial charge in [0.2, 0.25) is 0 Å². The number of hydrogen-bond acceptors (Lipinski definition) is 5. The van der Waals surface area contributed by atoms with E-state index < -0.39 is 5.97 Å². The molecule has 0 aromatic carbocycles. The number of rotatable bonds is 5. The van der Waals surface area contributed by atoms with Gasteiger partial charge in [0.15, 0.2) is 0 Å². The van der Waals surface area contributed by atoms with Crippen molar-refractivity contribution in [2.24, 2.45) is 0 Å². The highest BCUT2D eigenvalue weighted by Crippen LogP contribution is 2.23. The first kappa shape index (κ1) is 15.2. The molecule has 118 valence electrons. The summed E-state index contributed by atoms with van der Waals surface area (Å²) >= 11 is 1.36. The van der Waals surface area contributed by atoms with Gasteiger partial charge in [-0.25, -0.2) is 4.98 Å². The maximum atomic E-state index is 12.2. The van der Waals surface area contributed by atoms with Crippen LogP contribution in [0.5, 0.6) is 0 Å². The molecule has 0 fully saturated rings. The largest absolute Gasteiger partial charge is 0.468 e. The first-order valence-electron chi connectivity index (χ1n) is 7.01. The number of H-pyrrole nitrogens is 1. The topological polar surface area (TPSA) is 84.1 Å². The van der Waals surface area contributed by atoms with Crippen LogP contribution in [0, 0.1) is 0 Å². The van der Waals surface area contributed by atoms with Gasteiger partial charge in [-0.1, -0.05) is 0 Å². The van der Waals surface area contributed by atoms with E-state index in [0.29, 0.717) is 11.3 Å².